The first-order valence-corrected chi connectivity index (χ1v) is 7.29. The lowest BCUT2D eigenvalue weighted by Crippen LogP contribution is -1.99. The number of nitrogens with zero attached hydrogens (tertiary/aromatic N) is 2. The molecule has 116 valence electrons. The number of rotatable bonds is 4. The monoisotopic (exact) mass is 308 g/mol. The van der Waals surface area contributed by atoms with Gasteiger partial charge in [0.25, 0.3) is 0 Å². The van der Waals surface area contributed by atoms with E-state index in [1.807, 2.05) is 19.9 Å². The van der Waals surface area contributed by atoms with Crippen molar-refractivity contribution < 1.29 is 4.39 Å². The van der Waals surface area contributed by atoms with Crippen LogP contribution >= 0.6 is 0 Å². The zero-order valence-corrected chi connectivity index (χ0v) is 13.0. The number of aromatic nitrogens is 2. The summed E-state index contributed by atoms with van der Waals surface area (Å²) in [6, 6.07) is 14.1. The topological polar surface area (TPSA) is 49.8 Å². The van der Waals surface area contributed by atoms with Crippen molar-refractivity contribution in [2.45, 2.75) is 13.8 Å². The summed E-state index contributed by atoms with van der Waals surface area (Å²) in [7, 11) is 0. The van der Waals surface area contributed by atoms with E-state index in [0.717, 1.165) is 16.9 Å². The Morgan fingerprint density at radius 2 is 1.52 bits per heavy atom. The number of nitrogens with one attached hydrogen (secondary N) is 2. The second-order valence-corrected chi connectivity index (χ2v) is 5.36. The van der Waals surface area contributed by atoms with Gasteiger partial charge in [0.05, 0.1) is 0 Å². The maximum Gasteiger partial charge on any atom is 0.135 e. The van der Waals surface area contributed by atoms with Gasteiger partial charge in [0.2, 0.25) is 0 Å². The van der Waals surface area contributed by atoms with Crippen LogP contribution < -0.4 is 10.6 Å². The van der Waals surface area contributed by atoms with E-state index in [4.69, 9.17) is 0 Å². The van der Waals surface area contributed by atoms with Gasteiger partial charge in [-0.25, -0.2) is 14.4 Å². The molecule has 0 saturated carbocycles. The minimum Gasteiger partial charge on any atom is -0.340 e. The minimum atomic E-state index is -0.268. The Kier molecular flexibility index (Phi) is 4.19. The molecular weight excluding hydrogens is 291 g/mol. The van der Waals surface area contributed by atoms with Gasteiger partial charge in [-0.1, -0.05) is 12.1 Å². The Morgan fingerprint density at radius 1 is 0.826 bits per heavy atom. The van der Waals surface area contributed by atoms with E-state index in [9.17, 15) is 4.39 Å². The normalized spacial score (nSPS) is 10.4. The highest BCUT2D eigenvalue weighted by Gasteiger charge is 2.03. The van der Waals surface area contributed by atoms with Crippen LogP contribution in [-0.4, -0.2) is 9.97 Å². The molecule has 1 heterocycles. The van der Waals surface area contributed by atoms with E-state index in [-0.39, 0.29) is 5.82 Å². The summed E-state index contributed by atoms with van der Waals surface area (Å²) in [5, 5.41) is 6.42. The van der Waals surface area contributed by atoms with Gasteiger partial charge in [-0.3, -0.25) is 0 Å². The third kappa shape index (κ3) is 3.83. The van der Waals surface area contributed by atoms with Crippen LogP contribution in [0.25, 0.3) is 0 Å². The maximum absolute atomic E-state index is 12.9. The molecule has 0 unspecified atom stereocenters. The molecule has 0 saturated heterocycles. The highest BCUT2D eigenvalue weighted by Crippen LogP contribution is 2.22. The molecule has 4 nitrogen and oxygen atoms in total. The zero-order valence-electron chi connectivity index (χ0n) is 13.0. The van der Waals surface area contributed by atoms with Crippen molar-refractivity contribution in [2.75, 3.05) is 10.6 Å². The van der Waals surface area contributed by atoms with Crippen LogP contribution in [0.5, 0.6) is 0 Å². The molecule has 2 N–H and O–H groups in total. The van der Waals surface area contributed by atoms with Crippen molar-refractivity contribution in [1.82, 2.24) is 9.97 Å². The Labute approximate surface area is 134 Å². The lowest BCUT2D eigenvalue weighted by atomic mass is 10.1. The molecule has 1 aromatic heterocycles. The molecule has 0 aliphatic heterocycles. The average Bonchev–Trinajstić information content (AvgIpc) is 2.54. The maximum atomic E-state index is 12.9. The molecule has 0 atom stereocenters. The Morgan fingerprint density at radius 3 is 2.26 bits per heavy atom. The lowest BCUT2D eigenvalue weighted by Gasteiger charge is -2.11. The molecule has 0 aliphatic carbocycles. The Hall–Kier alpha value is -2.95. The smallest absolute Gasteiger partial charge is 0.135 e. The molecule has 0 spiro atoms. The SMILES string of the molecule is Cc1ccc(C)c(Nc2cc(Nc3ccc(F)cc3)ncn2)c1. The van der Waals surface area contributed by atoms with Gasteiger partial charge in [-0.05, 0) is 55.3 Å². The number of halogens is 1. The Bertz CT molecular complexity index is 816. The van der Waals surface area contributed by atoms with E-state index in [0.29, 0.717) is 11.6 Å². The summed E-state index contributed by atoms with van der Waals surface area (Å²) in [6.07, 6.45) is 1.49. The van der Waals surface area contributed by atoms with Gasteiger partial charge in [-0.2, -0.15) is 0 Å². The van der Waals surface area contributed by atoms with Crippen LogP contribution in [0.15, 0.2) is 54.9 Å². The van der Waals surface area contributed by atoms with Crippen LogP contribution in [0.1, 0.15) is 11.1 Å². The molecule has 0 radical (unpaired) electrons. The van der Waals surface area contributed by atoms with E-state index in [1.54, 1.807) is 12.1 Å². The summed E-state index contributed by atoms with van der Waals surface area (Å²) in [4.78, 5) is 8.42. The van der Waals surface area contributed by atoms with Gasteiger partial charge in [-0.15, -0.1) is 0 Å². The van der Waals surface area contributed by atoms with Crippen LogP contribution in [0, 0.1) is 19.7 Å². The van der Waals surface area contributed by atoms with Crippen LogP contribution in [0.4, 0.5) is 27.4 Å². The van der Waals surface area contributed by atoms with Crippen molar-refractivity contribution in [3.63, 3.8) is 0 Å². The van der Waals surface area contributed by atoms with Gasteiger partial charge >= 0.3 is 0 Å². The molecule has 0 amide bonds. The molecule has 2 aromatic carbocycles. The summed E-state index contributed by atoms with van der Waals surface area (Å²) >= 11 is 0. The van der Waals surface area contributed by atoms with E-state index in [2.05, 4.69) is 38.8 Å². The molecule has 0 fully saturated rings. The first kappa shape index (κ1) is 15.0. The lowest BCUT2D eigenvalue weighted by molar-refractivity contribution is 0.628. The second kappa shape index (κ2) is 6.44. The summed E-state index contributed by atoms with van der Waals surface area (Å²) < 4.78 is 12.9. The molecule has 23 heavy (non-hydrogen) atoms. The molecule has 3 aromatic rings. The van der Waals surface area contributed by atoms with Gasteiger partial charge in [0, 0.05) is 17.4 Å². The fraction of sp³-hybridized carbons (Fsp3) is 0.111. The first-order chi connectivity index (χ1) is 11.1. The van der Waals surface area contributed by atoms with Crippen molar-refractivity contribution in [3.05, 3.63) is 71.8 Å². The van der Waals surface area contributed by atoms with Gasteiger partial charge in [0.1, 0.15) is 23.8 Å². The predicted molar refractivity (Wildman–Crippen MR) is 90.9 cm³/mol. The quantitative estimate of drug-likeness (QED) is 0.732. The van der Waals surface area contributed by atoms with E-state index in [1.165, 1.54) is 24.0 Å². The summed E-state index contributed by atoms with van der Waals surface area (Å²) in [6.45, 7) is 4.09. The van der Waals surface area contributed by atoms with Gasteiger partial charge in [0.15, 0.2) is 0 Å². The van der Waals surface area contributed by atoms with Gasteiger partial charge < -0.3 is 10.6 Å². The number of benzene rings is 2. The summed E-state index contributed by atoms with van der Waals surface area (Å²) in [5.74, 6) is 1.06. The predicted octanol–water partition coefficient (Wildman–Crippen LogP) is 4.72. The van der Waals surface area contributed by atoms with Crippen LogP contribution in [0.2, 0.25) is 0 Å². The fourth-order valence-corrected chi connectivity index (χ4v) is 2.18. The largest absolute Gasteiger partial charge is 0.340 e. The highest BCUT2D eigenvalue weighted by molar-refractivity contribution is 5.65. The third-order valence-corrected chi connectivity index (χ3v) is 3.44. The van der Waals surface area contributed by atoms with Crippen molar-refractivity contribution in [1.29, 1.82) is 0 Å². The molecule has 0 aliphatic rings. The zero-order chi connectivity index (χ0) is 16.2. The fourth-order valence-electron chi connectivity index (χ4n) is 2.18. The van der Waals surface area contributed by atoms with Crippen molar-refractivity contribution in [3.8, 4) is 0 Å². The van der Waals surface area contributed by atoms with Crippen molar-refractivity contribution in [2.24, 2.45) is 0 Å². The van der Waals surface area contributed by atoms with E-state index >= 15 is 0 Å². The first-order valence-electron chi connectivity index (χ1n) is 7.29. The number of hydrogen-bond donors (Lipinski definition) is 2. The van der Waals surface area contributed by atoms with Crippen molar-refractivity contribution >= 4 is 23.0 Å². The number of aryl methyl sites for hydroxylation is 2. The minimum absolute atomic E-state index is 0.268. The third-order valence-electron chi connectivity index (χ3n) is 3.44. The average molecular weight is 308 g/mol. The standard InChI is InChI=1S/C18H17FN4/c1-12-3-4-13(2)16(9-12)23-18-10-17(20-11-21-18)22-15-7-5-14(19)6-8-15/h3-11H,1-2H3,(H2,20,21,22,23). The van der Waals surface area contributed by atoms with E-state index < -0.39 is 0 Å². The molecule has 5 heteroatoms. The Balaban J connectivity index is 1.79. The number of anilines is 4. The highest BCUT2D eigenvalue weighted by atomic mass is 19.1. The second-order valence-electron chi connectivity index (χ2n) is 5.36. The summed E-state index contributed by atoms with van der Waals surface area (Å²) in [5.41, 5.74) is 4.10. The molecule has 3 rings (SSSR count). The molecular formula is C18H17FN4. The molecule has 0 bridgehead atoms. The van der Waals surface area contributed by atoms with Crippen LogP contribution in [-0.2, 0) is 0 Å². The number of hydrogen-bond acceptors (Lipinski definition) is 4. The van der Waals surface area contributed by atoms with Crippen LogP contribution in [0.3, 0.4) is 0 Å².